The number of fused-ring (bicyclic) bond motifs is 1. The van der Waals surface area contributed by atoms with E-state index in [0.29, 0.717) is 64.7 Å². The molecule has 0 atom stereocenters. The third-order valence-corrected chi connectivity index (χ3v) is 7.88. The van der Waals surface area contributed by atoms with E-state index < -0.39 is 0 Å². The van der Waals surface area contributed by atoms with E-state index in [0.717, 1.165) is 4.90 Å². The Bertz CT molecular complexity index is 1420. The standard InChI is InChI=1S/C24H21ClFN5O2S2/c25-16-5-7-18(8-6-16)34-15-22(33)30-11-9-29(10-12-30)14-17-13-21(32)31-24(27-17)35-23(28-31)19-3-1-2-4-20(19)26/h1-8,13H,9-12,14-15H2. The molecule has 0 bridgehead atoms. The fourth-order valence-corrected chi connectivity index (χ4v) is 5.71. The van der Waals surface area contributed by atoms with Crippen LogP contribution >= 0.6 is 34.7 Å². The van der Waals surface area contributed by atoms with Crippen molar-refractivity contribution in [1.82, 2.24) is 24.4 Å². The number of hydrogen-bond donors (Lipinski definition) is 0. The van der Waals surface area contributed by atoms with E-state index in [2.05, 4.69) is 15.0 Å². The monoisotopic (exact) mass is 529 g/mol. The minimum absolute atomic E-state index is 0.104. The van der Waals surface area contributed by atoms with E-state index in [4.69, 9.17) is 11.6 Å². The van der Waals surface area contributed by atoms with Crippen LogP contribution in [0.15, 0.2) is 64.3 Å². The Labute approximate surface area is 214 Å². The van der Waals surface area contributed by atoms with E-state index in [1.54, 1.807) is 18.2 Å². The molecular formula is C24H21ClFN5O2S2. The molecule has 35 heavy (non-hydrogen) atoms. The Hall–Kier alpha value is -2.79. The Balaban J connectivity index is 1.19. The van der Waals surface area contributed by atoms with E-state index in [1.807, 2.05) is 29.2 Å². The zero-order chi connectivity index (χ0) is 24.4. The van der Waals surface area contributed by atoms with Gasteiger partial charge < -0.3 is 4.90 Å². The predicted molar refractivity (Wildman–Crippen MR) is 137 cm³/mol. The highest BCUT2D eigenvalue weighted by molar-refractivity contribution is 8.00. The second-order valence-corrected chi connectivity index (χ2v) is 10.5. The van der Waals surface area contributed by atoms with Crippen LogP contribution in [0, 0.1) is 5.82 Å². The van der Waals surface area contributed by atoms with Crippen molar-refractivity contribution in [2.75, 3.05) is 31.9 Å². The SMILES string of the molecule is O=C(CSc1ccc(Cl)cc1)N1CCN(Cc2cc(=O)n3nc(-c4ccccc4F)sc3n2)CC1. The van der Waals surface area contributed by atoms with Crippen molar-refractivity contribution in [1.29, 1.82) is 0 Å². The van der Waals surface area contributed by atoms with Crippen molar-refractivity contribution in [3.8, 4) is 10.6 Å². The molecule has 1 fully saturated rings. The number of carbonyl (C=O) groups excluding carboxylic acids is 1. The van der Waals surface area contributed by atoms with Gasteiger partial charge in [0.1, 0.15) is 5.82 Å². The molecule has 4 aromatic rings. The number of amides is 1. The number of rotatable bonds is 6. The Morgan fingerprint density at radius 2 is 1.83 bits per heavy atom. The van der Waals surface area contributed by atoms with E-state index in [-0.39, 0.29) is 17.3 Å². The van der Waals surface area contributed by atoms with Gasteiger partial charge in [-0.15, -0.1) is 11.8 Å². The van der Waals surface area contributed by atoms with Crippen molar-refractivity contribution in [3.63, 3.8) is 0 Å². The smallest absolute Gasteiger partial charge is 0.275 e. The Kier molecular flexibility index (Phi) is 7.14. The number of piperazine rings is 1. The van der Waals surface area contributed by atoms with Crippen molar-refractivity contribution >= 4 is 45.6 Å². The van der Waals surface area contributed by atoms with Crippen LogP contribution in [-0.2, 0) is 11.3 Å². The summed E-state index contributed by atoms with van der Waals surface area (Å²) in [5.41, 5.74) is 0.688. The van der Waals surface area contributed by atoms with Crippen LogP contribution in [0.3, 0.4) is 0 Å². The first-order valence-corrected chi connectivity index (χ1v) is 13.2. The molecule has 1 amide bonds. The van der Waals surface area contributed by atoms with Gasteiger partial charge in [-0.05, 0) is 36.4 Å². The van der Waals surface area contributed by atoms with Gasteiger partial charge in [-0.3, -0.25) is 14.5 Å². The lowest BCUT2D eigenvalue weighted by Crippen LogP contribution is -2.49. The zero-order valence-electron chi connectivity index (χ0n) is 18.6. The molecule has 0 unspecified atom stereocenters. The zero-order valence-corrected chi connectivity index (χ0v) is 21.0. The molecule has 180 valence electrons. The van der Waals surface area contributed by atoms with Crippen LogP contribution in [0.1, 0.15) is 5.69 Å². The summed E-state index contributed by atoms with van der Waals surface area (Å²) in [6.45, 7) is 3.14. The lowest BCUT2D eigenvalue weighted by Gasteiger charge is -2.34. The van der Waals surface area contributed by atoms with E-state index >= 15 is 0 Å². The average molecular weight is 530 g/mol. The number of hydrogen-bond acceptors (Lipinski definition) is 7. The number of benzene rings is 2. The summed E-state index contributed by atoms with van der Waals surface area (Å²) in [4.78, 5) is 35.3. The summed E-state index contributed by atoms with van der Waals surface area (Å²) < 4.78 is 15.4. The lowest BCUT2D eigenvalue weighted by molar-refractivity contribution is -0.130. The Morgan fingerprint density at radius 1 is 1.09 bits per heavy atom. The first kappa shape index (κ1) is 23.9. The third kappa shape index (κ3) is 5.56. The van der Waals surface area contributed by atoms with Gasteiger partial charge in [0.2, 0.25) is 10.9 Å². The van der Waals surface area contributed by atoms with Crippen molar-refractivity contribution < 1.29 is 9.18 Å². The van der Waals surface area contributed by atoms with Crippen LogP contribution in [0.25, 0.3) is 15.5 Å². The Morgan fingerprint density at radius 3 is 2.57 bits per heavy atom. The molecule has 0 radical (unpaired) electrons. The van der Waals surface area contributed by atoms with Gasteiger partial charge in [-0.25, -0.2) is 9.37 Å². The maximum atomic E-state index is 14.1. The van der Waals surface area contributed by atoms with Gasteiger partial charge in [-0.1, -0.05) is 35.1 Å². The number of nitrogens with zero attached hydrogens (tertiary/aromatic N) is 5. The summed E-state index contributed by atoms with van der Waals surface area (Å²) in [6, 6.07) is 15.3. The normalized spacial score (nSPS) is 14.5. The highest BCUT2D eigenvalue weighted by Gasteiger charge is 2.22. The molecule has 2 aromatic carbocycles. The quantitative estimate of drug-likeness (QED) is 0.351. The first-order valence-electron chi connectivity index (χ1n) is 11.0. The molecule has 0 spiro atoms. The molecule has 0 saturated carbocycles. The van der Waals surface area contributed by atoms with Gasteiger partial charge in [0.05, 0.1) is 11.4 Å². The highest BCUT2D eigenvalue weighted by Crippen LogP contribution is 2.26. The minimum atomic E-state index is -0.390. The second-order valence-electron chi connectivity index (χ2n) is 8.07. The van der Waals surface area contributed by atoms with Gasteiger partial charge in [0, 0.05) is 54.3 Å². The largest absolute Gasteiger partial charge is 0.339 e. The molecule has 1 aliphatic rings. The van der Waals surface area contributed by atoms with Gasteiger partial charge in [-0.2, -0.15) is 9.61 Å². The second kappa shape index (κ2) is 10.4. The van der Waals surface area contributed by atoms with E-state index in [1.165, 1.54) is 39.7 Å². The van der Waals surface area contributed by atoms with Crippen LogP contribution < -0.4 is 5.56 Å². The summed E-state index contributed by atoms with van der Waals surface area (Å²) >= 11 is 8.59. The molecule has 11 heteroatoms. The van der Waals surface area contributed by atoms with Crippen molar-refractivity contribution in [3.05, 3.63) is 81.5 Å². The minimum Gasteiger partial charge on any atom is -0.339 e. The topological polar surface area (TPSA) is 70.8 Å². The summed E-state index contributed by atoms with van der Waals surface area (Å²) in [5.74, 6) is 0.0957. The number of carbonyl (C=O) groups is 1. The van der Waals surface area contributed by atoms with Crippen LogP contribution in [0.5, 0.6) is 0 Å². The summed E-state index contributed by atoms with van der Waals surface area (Å²) in [6.07, 6.45) is 0. The molecule has 0 N–H and O–H groups in total. The average Bonchev–Trinajstić information content (AvgIpc) is 3.29. The fraction of sp³-hybridized carbons (Fsp3) is 0.250. The number of halogens is 2. The third-order valence-electron chi connectivity index (χ3n) is 5.69. The summed E-state index contributed by atoms with van der Waals surface area (Å²) in [7, 11) is 0. The molecule has 5 rings (SSSR count). The lowest BCUT2D eigenvalue weighted by atomic mass is 10.2. The molecule has 1 saturated heterocycles. The summed E-state index contributed by atoms with van der Waals surface area (Å²) in [5, 5.41) is 5.34. The number of aromatic nitrogens is 3. The van der Waals surface area contributed by atoms with Gasteiger partial charge in [0.15, 0.2) is 5.01 Å². The van der Waals surface area contributed by atoms with Crippen molar-refractivity contribution in [2.45, 2.75) is 11.4 Å². The van der Waals surface area contributed by atoms with Gasteiger partial charge >= 0.3 is 0 Å². The molecule has 2 aromatic heterocycles. The molecule has 3 heterocycles. The fourth-order valence-electron chi connectivity index (χ4n) is 3.83. The molecule has 0 aliphatic carbocycles. The van der Waals surface area contributed by atoms with Crippen LogP contribution in [-0.4, -0.2) is 62.2 Å². The predicted octanol–water partition coefficient (Wildman–Crippen LogP) is 4.05. The maximum Gasteiger partial charge on any atom is 0.275 e. The number of thioether (sulfide) groups is 1. The maximum absolute atomic E-state index is 14.1. The first-order chi connectivity index (χ1) is 17.0. The van der Waals surface area contributed by atoms with Crippen molar-refractivity contribution in [2.24, 2.45) is 0 Å². The van der Waals surface area contributed by atoms with Crippen LogP contribution in [0.4, 0.5) is 4.39 Å². The molecular weight excluding hydrogens is 509 g/mol. The molecule has 7 nitrogen and oxygen atoms in total. The molecule has 1 aliphatic heterocycles. The van der Waals surface area contributed by atoms with E-state index in [9.17, 15) is 14.0 Å². The van der Waals surface area contributed by atoms with Gasteiger partial charge in [0.25, 0.3) is 5.56 Å². The van der Waals surface area contributed by atoms with Crippen LogP contribution in [0.2, 0.25) is 5.02 Å². The highest BCUT2D eigenvalue weighted by atomic mass is 35.5.